The standard InChI is InChI=1S/C6H11F3O2/c1-2-3-10-4-6(8,9)11-5-7/h2-5H2,1H3. The Morgan fingerprint density at radius 1 is 1.36 bits per heavy atom. The van der Waals surface area contributed by atoms with Gasteiger partial charge in [-0.1, -0.05) is 6.92 Å². The molecule has 0 atom stereocenters. The molecular weight excluding hydrogens is 161 g/mol. The first kappa shape index (κ1) is 10.7. The zero-order chi connectivity index (χ0) is 8.74. The summed E-state index contributed by atoms with van der Waals surface area (Å²) >= 11 is 0. The van der Waals surface area contributed by atoms with Gasteiger partial charge < -0.3 is 4.74 Å². The van der Waals surface area contributed by atoms with Gasteiger partial charge in [0.25, 0.3) is 0 Å². The fourth-order valence-electron chi connectivity index (χ4n) is 0.457. The molecule has 0 spiro atoms. The van der Waals surface area contributed by atoms with Gasteiger partial charge in [-0.2, -0.15) is 8.78 Å². The van der Waals surface area contributed by atoms with E-state index in [0.717, 1.165) is 0 Å². The van der Waals surface area contributed by atoms with Crippen molar-refractivity contribution in [2.45, 2.75) is 19.5 Å². The first-order chi connectivity index (χ1) is 5.12. The number of ether oxygens (including phenoxy) is 2. The Balaban J connectivity index is 3.38. The molecule has 5 heteroatoms. The third kappa shape index (κ3) is 6.12. The van der Waals surface area contributed by atoms with Crippen LogP contribution in [0.2, 0.25) is 0 Å². The molecule has 0 aliphatic carbocycles. The molecule has 0 radical (unpaired) electrons. The first-order valence-corrected chi connectivity index (χ1v) is 3.28. The Morgan fingerprint density at radius 2 is 2.00 bits per heavy atom. The third-order valence-electron chi connectivity index (χ3n) is 0.884. The van der Waals surface area contributed by atoms with Gasteiger partial charge in [0, 0.05) is 6.61 Å². The minimum absolute atomic E-state index is 0.227. The Hall–Kier alpha value is -0.290. The fraction of sp³-hybridized carbons (Fsp3) is 1.00. The van der Waals surface area contributed by atoms with Crippen molar-refractivity contribution < 1.29 is 22.6 Å². The molecule has 0 saturated heterocycles. The van der Waals surface area contributed by atoms with Gasteiger partial charge in [0.2, 0.25) is 0 Å². The lowest BCUT2D eigenvalue weighted by Gasteiger charge is -2.13. The molecule has 0 aromatic heterocycles. The van der Waals surface area contributed by atoms with Crippen LogP contribution in [0, 0.1) is 0 Å². The van der Waals surface area contributed by atoms with Crippen LogP contribution < -0.4 is 0 Å². The normalized spacial score (nSPS) is 12.0. The van der Waals surface area contributed by atoms with Crippen molar-refractivity contribution in [1.82, 2.24) is 0 Å². The molecule has 0 fully saturated rings. The highest BCUT2D eigenvalue weighted by atomic mass is 19.3. The van der Waals surface area contributed by atoms with Gasteiger partial charge >= 0.3 is 6.11 Å². The molecule has 0 saturated carbocycles. The van der Waals surface area contributed by atoms with E-state index >= 15 is 0 Å². The Labute approximate surface area is 63.3 Å². The minimum atomic E-state index is -3.50. The minimum Gasteiger partial charge on any atom is -0.372 e. The van der Waals surface area contributed by atoms with Gasteiger partial charge in [0.1, 0.15) is 6.61 Å². The zero-order valence-corrected chi connectivity index (χ0v) is 6.28. The number of hydrogen-bond acceptors (Lipinski definition) is 2. The Morgan fingerprint density at radius 3 is 2.45 bits per heavy atom. The fourth-order valence-corrected chi connectivity index (χ4v) is 0.457. The van der Waals surface area contributed by atoms with Crippen molar-refractivity contribution in [3.05, 3.63) is 0 Å². The van der Waals surface area contributed by atoms with Gasteiger partial charge in [0.05, 0.1) is 0 Å². The molecule has 68 valence electrons. The highest BCUT2D eigenvalue weighted by Crippen LogP contribution is 2.15. The number of hydrogen-bond donors (Lipinski definition) is 0. The summed E-state index contributed by atoms with van der Waals surface area (Å²) in [5.74, 6) is 0. The summed E-state index contributed by atoms with van der Waals surface area (Å²) in [6.45, 7) is -0.368. The molecule has 0 amide bonds. The molecule has 0 aliphatic heterocycles. The van der Waals surface area contributed by atoms with E-state index in [0.29, 0.717) is 6.42 Å². The molecule has 0 rings (SSSR count). The van der Waals surface area contributed by atoms with E-state index in [-0.39, 0.29) is 6.61 Å². The van der Waals surface area contributed by atoms with Gasteiger partial charge in [0.15, 0.2) is 6.86 Å². The molecule has 0 aromatic rings. The summed E-state index contributed by atoms with van der Waals surface area (Å²) < 4.78 is 43.5. The maximum atomic E-state index is 12.2. The van der Waals surface area contributed by atoms with Crippen LogP contribution in [-0.2, 0) is 9.47 Å². The zero-order valence-electron chi connectivity index (χ0n) is 6.28. The highest BCUT2D eigenvalue weighted by molar-refractivity contribution is 4.47. The number of halogens is 3. The predicted molar refractivity (Wildman–Crippen MR) is 33.1 cm³/mol. The van der Waals surface area contributed by atoms with Crippen LogP contribution in [0.3, 0.4) is 0 Å². The molecule has 0 bridgehead atoms. The van der Waals surface area contributed by atoms with Crippen LogP contribution in [0.25, 0.3) is 0 Å². The summed E-state index contributed by atoms with van der Waals surface area (Å²) in [6.07, 6.45) is -2.85. The summed E-state index contributed by atoms with van der Waals surface area (Å²) in [4.78, 5) is 0. The van der Waals surface area contributed by atoms with E-state index in [9.17, 15) is 13.2 Å². The van der Waals surface area contributed by atoms with Gasteiger partial charge in [-0.15, -0.1) is 0 Å². The van der Waals surface area contributed by atoms with Crippen LogP contribution in [0.4, 0.5) is 13.2 Å². The summed E-state index contributed by atoms with van der Waals surface area (Å²) in [7, 11) is 0. The molecule has 0 heterocycles. The quantitative estimate of drug-likeness (QED) is 0.570. The monoisotopic (exact) mass is 172 g/mol. The Kier molecular flexibility index (Phi) is 5.23. The SMILES string of the molecule is CCCOCC(F)(F)OCF. The van der Waals surface area contributed by atoms with Gasteiger partial charge in [-0.05, 0) is 6.42 Å². The molecule has 0 aromatic carbocycles. The van der Waals surface area contributed by atoms with E-state index in [4.69, 9.17) is 0 Å². The van der Waals surface area contributed by atoms with Crippen LogP contribution in [-0.4, -0.2) is 26.2 Å². The van der Waals surface area contributed by atoms with Crippen molar-refractivity contribution in [3.63, 3.8) is 0 Å². The molecule has 0 unspecified atom stereocenters. The van der Waals surface area contributed by atoms with Crippen LogP contribution in [0.15, 0.2) is 0 Å². The molecule has 0 N–H and O–H groups in total. The second-order valence-corrected chi connectivity index (χ2v) is 1.94. The van der Waals surface area contributed by atoms with E-state index in [1.165, 1.54) is 0 Å². The third-order valence-corrected chi connectivity index (χ3v) is 0.884. The first-order valence-electron chi connectivity index (χ1n) is 3.28. The Bertz CT molecular complexity index is 97.8. The smallest absolute Gasteiger partial charge is 0.372 e. The van der Waals surface area contributed by atoms with Crippen LogP contribution >= 0.6 is 0 Å². The molecule has 11 heavy (non-hydrogen) atoms. The second kappa shape index (κ2) is 5.37. The number of alkyl halides is 3. The maximum Gasteiger partial charge on any atom is 0.381 e. The van der Waals surface area contributed by atoms with Crippen molar-refractivity contribution in [3.8, 4) is 0 Å². The lowest BCUT2D eigenvalue weighted by molar-refractivity contribution is -0.278. The van der Waals surface area contributed by atoms with E-state index < -0.39 is 19.6 Å². The maximum absolute atomic E-state index is 12.2. The van der Waals surface area contributed by atoms with Gasteiger partial charge in [-0.25, -0.2) is 4.39 Å². The molecular formula is C6H11F3O2. The molecule has 2 nitrogen and oxygen atoms in total. The summed E-state index contributed by atoms with van der Waals surface area (Å²) in [6, 6.07) is 0. The molecule has 0 aliphatic rings. The lowest BCUT2D eigenvalue weighted by atomic mass is 10.5. The largest absolute Gasteiger partial charge is 0.381 e. The van der Waals surface area contributed by atoms with E-state index in [1.807, 2.05) is 0 Å². The number of rotatable bonds is 6. The van der Waals surface area contributed by atoms with Crippen molar-refractivity contribution in [1.29, 1.82) is 0 Å². The topological polar surface area (TPSA) is 18.5 Å². The van der Waals surface area contributed by atoms with Crippen molar-refractivity contribution >= 4 is 0 Å². The van der Waals surface area contributed by atoms with E-state index in [2.05, 4.69) is 9.47 Å². The lowest BCUT2D eigenvalue weighted by Crippen LogP contribution is -2.27. The van der Waals surface area contributed by atoms with Gasteiger partial charge in [-0.3, -0.25) is 4.74 Å². The van der Waals surface area contributed by atoms with Crippen LogP contribution in [0.5, 0.6) is 0 Å². The summed E-state index contributed by atoms with van der Waals surface area (Å²) in [5.41, 5.74) is 0. The average Bonchev–Trinajstić information content (AvgIpc) is 1.87. The highest BCUT2D eigenvalue weighted by Gasteiger charge is 2.30. The van der Waals surface area contributed by atoms with Crippen LogP contribution in [0.1, 0.15) is 13.3 Å². The second-order valence-electron chi connectivity index (χ2n) is 1.94. The average molecular weight is 172 g/mol. The van der Waals surface area contributed by atoms with Crippen molar-refractivity contribution in [2.24, 2.45) is 0 Å². The van der Waals surface area contributed by atoms with Crippen molar-refractivity contribution in [2.75, 3.05) is 20.1 Å². The predicted octanol–water partition coefficient (Wildman–Crippen LogP) is 1.95. The van der Waals surface area contributed by atoms with E-state index in [1.54, 1.807) is 6.92 Å². The summed E-state index contributed by atoms with van der Waals surface area (Å²) in [5, 5.41) is 0.